The Balaban J connectivity index is 0.000000149. The molecule has 15 rings (SSSR count). The number of aryl methyl sites for hydroxylation is 4. The van der Waals surface area contributed by atoms with E-state index in [1.165, 1.54) is 23.5 Å². The van der Waals surface area contributed by atoms with Gasteiger partial charge in [0, 0.05) is 135 Å². The van der Waals surface area contributed by atoms with Gasteiger partial charge >= 0.3 is 6.03 Å². The summed E-state index contributed by atoms with van der Waals surface area (Å²) in [5, 5.41) is 8.12. The second kappa shape index (κ2) is 39.8. The molecule has 598 valence electrons. The van der Waals surface area contributed by atoms with Crippen molar-refractivity contribution in [3.63, 3.8) is 0 Å². The minimum Gasteiger partial charge on any atom is -0.379 e. The van der Waals surface area contributed by atoms with Crippen molar-refractivity contribution in [1.82, 2.24) is 54.8 Å². The number of likely N-dealkylation sites (N-methyl/N-ethyl adjacent to an activating group) is 1. The average Bonchev–Trinajstić information content (AvgIpc) is 1.08. The zero-order chi connectivity index (χ0) is 79.8. The first kappa shape index (κ1) is 83.3. The van der Waals surface area contributed by atoms with Gasteiger partial charge in [0.2, 0.25) is 0 Å². The largest absolute Gasteiger partial charge is 0.379 e. The Morgan fingerprint density at radius 3 is 1.80 bits per heavy atom. The highest BCUT2D eigenvalue weighted by molar-refractivity contribution is 7.99. The van der Waals surface area contributed by atoms with Crippen LogP contribution in [0.3, 0.4) is 0 Å². The summed E-state index contributed by atoms with van der Waals surface area (Å²) in [6.07, 6.45) is 15.1. The Labute approximate surface area is 689 Å². The molecular formula is C84H90Cl3F4N15O5S3. The van der Waals surface area contributed by atoms with Gasteiger partial charge in [0.25, 0.3) is 17.7 Å². The molecule has 2 N–H and O–H groups in total. The number of likely N-dealkylation sites (tertiary alicyclic amines) is 1. The number of ether oxygens (including phenoxy) is 1. The minimum atomic E-state index is -0.646. The van der Waals surface area contributed by atoms with Crippen molar-refractivity contribution in [3.05, 3.63) is 228 Å². The number of carbonyl (C=O) groups is 4. The Hall–Kier alpha value is -8.64. The summed E-state index contributed by atoms with van der Waals surface area (Å²) in [4.78, 5) is 95.8. The van der Waals surface area contributed by atoms with Crippen LogP contribution in [0.2, 0.25) is 15.1 Å². The van der Waals surface area contributed by atoms with Gasteiger partial charge in [0.05, 0.1) is 75.7 Å². The molecule has 0 aliphatic carbocycles. The van der Waals surface area contributed by atoms with E-state index in [1.807, 2.05) is 106 Å². The summed E-state index contributed by atoms with van der Waals surface area (Å²) in [5.74, 6) is 0.245. The van der Waals surface area contributed by atoms with Crippen LogP contribution in [0.25, 0.3) is 0 Å². The lowest BCUT2D eigenvalue weighted by Gasteiger charge is -2.32. The molecule has 0 spiro atoms. The number of hydrogen-bond donors (Lipinski definition) is 2. The lowest BCUT2D eigenvalue weighted by molar-refractivity contribution is 0.0383. The van der Waals surface area contributed by atoms with Gasteiger partial charge in [-0.1, -0.05) is 76.5 Å². The lowest BCUT2D eigenvalue weighted by atomic mass is 10.1. The number of hydrogen-bond acceptors (Lipinski definition) is 18. The Bertz CT molecular complexity index is 4900. The third-order valence-corrected chi connectivity index (χ3v) is 24.6. The predicted molar refractivity (Wildman–Crippen MR) is 442 cm³/mol. The summed E-state index contributed by atoms with van der Waals surface area (Å²) in [7, 11) is 2.06. The highest BCUT2D eigenvalue weighted by Crippen LogP contribution is 2.40. The second-order valence-electron chi connectivity index (χ2n) is 28.8. The number of halogens is 7. The van der Waals surface area contributed by atoms with Crippen LogP contribution in [0.15, 0.2) is 159 Å². The first-order chi connectivity index (χ1) is 55.3. The smallest absolute Gasteiger partial charge is 0.327 e. The molecule has 9 heterocycles. The fourth-order valence-corrected chi connectivity index (χ4v) is 17.3. The third kappa shape index (κ3) is 21.5. The first-order valence-electron chi connectivity index (χ1n) is 38.6. The number of morpholine rings is 1. The Kier molecular flexibility index (Phi) is 29.1. The van der Waals surface area contributed by atoms with Crippen molar-refractivity contribution in [1.29, 1.82) is 0 Å². The summed E-state index contributed by atoms with van der Waals surface area (Å²) in [6.45, 7) is 15.2. The molecule has 9 aromatic rings. The van der Waals surface area contributed by atoms with E-state index in [9.17, 15) is 36.7 Å². The number of nitrogens with one attached hydrogen (secondary N) is 2. The van der Waals surface area contributed by atoms with Crippen LogP contribution in [-0.4, -0.2) is 179 Å². The lowest BCUT2D eigenvalue weighted by Crippen LogP contribution is -2.47. The monoisotopic (exact) mass is 1670 g/mol. The molecule has 6 aromatic carbocycles. The van der Waals surface area contributed by atoms with Crippen LogP contribution >= 0.6 is 70.1 Å². The van der Waals surface area contributed by atoms with E-state index < -0.39 is 29.3 Å². The Morgan fingerprint density at radius 1 is 0.553 bits per heavy atom. The number of piperazine rings is 1. The van der Waals surface area contributed by atoms with Crippen LogP contribution in [0.1, 0.15) is 135 Å². The maximum Gasteiger partial charge on any atom is 0.327 e. The van der Waals surface area contributed by atoms with E-state index in [2.05, 4.69) is 42.4 Å². The van der Waals surface area contributed by atoms with Crippen molar-refractivity contribution in [2.45, 2.75) is 128 Å². The van der Waals surface area contributed by atoms with Crippen LogP contribution < -0.4 is 25.3 Å². The van der Waals surface area contributed by atoms with Crippen molar-refractivity contribution >= 4 is 117 Å². The highest BCUT2D eigenvalue weighted by Gasteiger charge is 2.31. The zero-order valence-corrected chi connectivity index (χ0v) is 68.5. The van der Waals surface area contributed by atoms with Crippen LogP contribution in [0.5, 0.6) is 0 Å². The normalized spacial score (nSPS) is 16.2. The van der Waals surface area contributed by atoms with E-state index in [1.54, 1.807) is 53.5 Å². The average molecular weight is 1670 g/mol. The molecule has 1 unspecified atom stereocenters. The van der Waals surface area contributed by atoms with Gasteiger partial charge in [0.1, 0.15) is 38.3 Å². The number of benzene rings is 6. The van der Waals surface area contributed by atoms with Crippen LogP contribution in [0.4, 0.5) is 45.5 Å². The number of aromatic nitrogens is 6. The maximum absolute atomic E-state index is 14.8. The van der Waals surface area contributed by atoms with Gasteiger partial charge in [0.15, 0.2) is 17.5 Å². The summed E-state index contributed by atoms with van der Waals surface area (Å²) in [6, 6.07) is 31.8. The fourth-order valence-electron chi connectivity index (χ4n) is 14.3. The third-order valence-electron chi connectivity index (χ3n) is 20.7. The van der Waals surface area contributed by atoms with Crippen LogP contribution in [-0.2, 0) is 36.3 Å². The van der Waals surface area contributed by atoms with Gasteiger partial charge in [-0.15, -0.1) is 11.8 Å². The van der Waals surface area contributed by atoms with E-state index in [4.69, 9.17) is 54.5 Å². The van der Waals surface area contributed by atoms with Gasteiger partial charge < -0.3 is 39.9 Å². The molecule has 30 heteroatoms. The predicted octanol–water partition coefficient (Wildman–Crippen LogP) is 17.2. The Morgan fingerprint density at radius 2 is 1.11 bits per heavy atom. The number of carbonyl (C=O) groups excluding carboxylic acids is 4. The molecule has 5 amide bonds. The molecule has 114 heavy (non-hydrogen) atoms. The molecule has 20 nitrogen and oxygen atoms in total. The van der Waals surface area contributed by atoms with E-state index >= 15 is 0 Å². The van der Waals surface area contributed by atoms with E-state index in [0.29, 0.717) is 81.3 Å². The maximum atomic E-state index is 14.8. The van der Waals surface area contributed by atoms with Crippen molar-refractivity contribution in [2.75, 3.05) is 125 Å². The molecule has 0 bridgehead atoms. The molecule has 6 aliphatic rings. The van der Waals surface area contributed by atoms with Crippen molar-refractivity contribution in [2.24, 2.45) is 0 Å². The SMILES string of the molecule is CC(c1c(F)ccc(F)c1Cl)N1CCCCc2ncc(Sc3ccc(C(=O)N4CCN(C)CC4)cc3)nc21.Cc1ccc(Cl)c(NC(=O)N2CCCCc3ncc(SCc4cccc(C(=O)N5CCCC5)c4)nc32)c1.O=C(NCCN1CCOCC1)c1ccc(Sc2cnc3c(n2)N(Cc2c(F)ccc(F)c2Cl)CCCC3)cc1. The number of anilines is 4. The van der Waals surface area contributed by atoms with Gasteiger partial charge in [-0.3, -0.25) is 39.1 Å². The molecular weight excluding hydrogens is 1580 g/mol. The minimum absolute atomic E-state index is 0.0485. The quantitative estimate of drug-likeness (QED) is 0.0466. The zero-order valence-electron chi connectivity index (χ0n) is 63.8. The molecule has 3 aromatic heterocycles. The van der Waals surface area contributed by atoms with E-state index in [0.717, 1.165) is 216 Å². The molecule has 3 saturated heterocycles. The molecule has 3 fully saturated rings. The summed E-state index contributed by atoms with van der Waals surface area (Å²) < 4.78 is 62.9. The number of rotatable bonds is 18. The van der Waals surface area contributed by atoms with Crippen LogP contribution in [0, 0.1) is 30.2 Å². The number of amides is 5. The molecule has 0 saturated carbocycles. The van der Waals surface area contributed by atoms with Crippen molar-refractivity contribution in [3.8, 4) is 0 Å². The standard InChI is InChI=1S/C28H30ClF2N5O2S.C28H30ClF2N5OS.C28H30ClN5O2S/c29-26-21(22(30)8-9-23(26)31)18-36-11-2-1-3-24-27(36)34-25(17-33-24)39-20-6-4-19(5-7-20)28(37)32-10-12-35-13-15-38-16-14-35;1-18(25-21(30)10-11-22(31)26(25)29)36-12-4-3-5-23-27(36)33-24(17-32-23)38-20-8-6-19(7-9-20)28(37)35-15-13-34(2)14-16-35;1-19-10-11-22(29)24(15-19)31-28(36)34-14-3-2-9-23-26(34)32-25(17-30-23)37-18-20-7-6-8-21(16-20)27(35)33-12-4-5-13-33/h4-9,17H,1-3,10-16,18H2,(H,32,37);6-11,17-18H,3-5,12-16H2,1-2H3;6-8,10-11,15-17H,2-5,9,12-14,18H2,1H3,(H,31,36). The van der Waals surface area contributed by atoms with Gasteiger partial charge in [-0.2, -0.15) is 0 Å². The van der Waals surface area contributed by atoms with E-state index in [-0.39, 0.29) is 51.5 Å². The van der Waals surface area contributed by atoms with Crippen molar-refractivity contribution < 1.29 is 41.5 Å². The first-order valence-corrected chi connectivity index (χ1v) is 42.4. The molecule has 1 atom stereocenters. The number of urea groups is 1. The number of nitrogens with zero attached hydrogens (tertiary/aromatic N) is 13. The van der Waals surface area contributed by atoms with Gasteiger partial charge in [-0.25, -0.2) is 37.3 Å². The highest BCUT2D eigenvalue weighted by atomic mass is 35.5. The molecule has 6 aliphatic heterocycles. The summed E-state index contributed by atoms with van der Waals surface area (Å²) >= 11 is 23.1. The topological polar surface area (TPSA) is 202 Å². The fraction of sp³-hybridized carbons (Fsp3) is 0.381. The molecule has 0 radical (unpaired) electrons. The van der Waals surface area contributed by atoms with Gasteiger partial charge in [-0.05, 0) is 200 Å². The number of fused-ring (bicyclic) bond motifs is 3. The number of thioether (sulfide) groups is 1. The summed E-state index contributed by atoms with van der Waals surface area (Å²) in [5.41, 5.74) is 7.36. The second-order valence-corrected chi connectivity index (χ2v) is 33.1.